The first kappa shape index (κ1) is 15.1. The van der Waals surface area contributed by atoms with E-state index in [-0.39, 0.29) is 24.4 Å². The van der Waals surface area contributed by atoms with Crippen molar-refractivity contribution < 1.29 is 9.59 Å². The molecule has 22 heavy (non-hydrogen) atoms. The predicted octanol–water partition coefficient (Wildman–Crippen LogP) is 1.45. The third-order valence-corrected chi connectivity index (χ3v) is 4.65. The number of rotatable bonds is 3. The van der Waals surface area contributed by atoms with E-state index in [1.165, 1.54) is 0 Å². The molecule has 2 saturated heterocycles. The Bertz CT molecular complexity index is 514. The average molecular weight is 304 g/mol. The van der Waals surface area contributed by atoms with Gasteiger partial charge in [-0.3, -0.25) is 14.3 Å². The lowest BCUT2D eigenvalue weighted by Gasteiger charge is -2.34. The van der Waals surface area contributed by atoms with Crippen LogP contribution >= 0.6 is 0 Å². The van der Waals surface area contributed by atoms with Crippen molar-refractivity contribution in [1.29, 1.82) is 0 Å². The normalized spacial score (nSPS) is 23.5. The molecule has 0 aromatic carbocycles. The Kier molecular flexibility index (Phi) is 4.75. The van der Waals surface area contributed by atoms with Crippen molar-refractivity contribution in [3.8, 4) is 0 Å². The molecule has 3 rings (SSSR count). The van der Waals surface area contributed by atoms with Gasteiger partial charge in [0.25, 0.3) is 0 Å². The number of nitrogens with zero attached hydrogens (tertiary/aromatic N) is 4. The molecule has 1 aromatic heterocycles. The van der Waals surface area contributed by atoms with Gasteiger partial charge in [0.05, 0.1) is 12.6 Å². The third-order valence-electron chi connectivity index (χ3n) is 4.65. The number of carbonyl (C=O) groups is 2. The summed E-state index contributed by atoms with van der Waals surface area (Å²) in [5.74, 6) is 0.207. The Labute approximate surface area is 131 Å². The van der Waals surface area contributed by atoms with Crippen molar-refractivity contribution in [3.05, 3.63) is 18.5 Å². The molecule has 0 N–H and O–H groups in total. The van der Waals surface area contributed by atoms with Crippen LogP contribution in [0.1, 0.15) is 44.6 Å². The number of carbonyl (C=O) groups excluding carboxylic acids is 2. The van der Waals surface area contributed by atoms with Crippen LogP contribution < -0.4 is 0 Å². The molecule has 6 heteroatoms. The minimum atomic E-state index is 0.0760. The molecular formula is C16H24N4O2. The van der Waals surface area contributed by atoms with Crippen LogP contribution in [0.4, 0.5) is 0 Å². The van der Waals surface area contributed by atoms with E-state index in [9.17, 15) is 9.59 Å². The van der Waals surface area contributed by atoms with E-state index in [2.05, 4.69) is 5.10 Å². The maximum absolute atomic E-state index is 12.5. The molecule has 2 fully saturated rings. The van der Waals surface area contributed by atoms with Crippen LogP contribution in [0.5, 0.6) is 0 Å². The number of hydrogen-bond acceptors (Lipinski definition) is 3. The lowest BCUT2D eigenvalue weighted by atomic mass is 10.1. The van der Waals surface area contributed by atoms with Crippen LogP contribution in [0.2, 0.25) is 0 Å². The summed E-state index contributed by atoms with van der Waals surface area (Å²) in [6, 6.07) is 2.17. The number of piperidine rings is 1. The quantitative estimate of drug-likeness (QED) is 0.849. The van der Waals surface area contributed by atoms with Crippen LogP contribution in [0.15, 0.2) is 18.5 Å². The molecule has 0 bridgehead atoms. The number of hydrogen-bond donors (Lipinski definition) is 0. The first-order chi connectivity index (χ1) is 10.7. The van der Waals surface area contributed by atoms with Crippen molar-refractivity contribution in [2.75, 3.05) is 26.2 Å². The topological polar surface area (TPSA) is 58.4 Å². The molecule has 2 amide bonds. The molecule has 3 heterocycles. The van der Waals surface area contributed by atoms with E-state index < -0.39 is 0 Å². The van der Waals surface area contributed by atoms with Crippen LogP contribution in [-0.4, -0.2) is 57.6 Å². The fourth-order valence-corrected chi connectivity index (χ4v) is 3.36. The Morgan fingerprint density at radius 3 is 2.95 bits per heavy atom. The first-order valence-corrected chi connectivity index (χ1v) is 8.29. The molecule has 0 spiro atoms. The highest BCUT2D eigenvalue weighted by Gasteiger charge is 2.27. The highest BCUT2D eigenvalue weighted by atomic mass is 16.2. The Morgan fingerprint density at radius 1 is 1.23 bits per heavy atom. The highest BCUT2D eigenvalue weighted by molar-refractivity contribution is 5.85. The van der Waals surface area contributed by atoms with Crippen molar-refractivity contribution in [3.63, 3.8) is 0 Å². The van der Waals surface area contributed by atoms with Crippen LogP contribution in [0, 0.1) is 0 Å². The molecule has 6 nitrogen and oxygen atoms in total. The zero-order valence-electron chi connectivity index (χ0n) is 13.0. The lowest BCUT2D eigenvalue weighted by Crippen LogP contribution is -2.46. The summed E-state index contributed by atoms with van der Waals surface area (Å²) in [4.78, 5) is 28.2. The van der Waals surface area contributed by atoms with Gasteiger partial charge in [-0.15, -0.1) is 0 Å². The summed E-state index contributed by atoms with van der Waals surface area (Å²) in [5.41, 5.74) is 0. The maximum atomic E-state index is 12.5. The van der Waals surface area contributed by atoms with Crippen LogP contribution in [0.3, 0.4) is 0 Å². The summed E-state index contributed by atoms with van der Waals surface area (Å²) in [6.07, 6.45) is 9.40. The lowest BCUT2D eigenvalue weighted by molar-refractivity contribution is -0.141. The smallest absolute Gasteiger partial charge is 0.242 e. The Balaban J connectivity index is 1.58. The van der Waals surface area contributed by atoms with Crippen LogP contribution in [-0.2, 0) is 9.59 Å². The van der Waals surface area contributed by atoms with Gasteiger partial charge in [-0.25, -0.2) is 0 Å². The van der Waals surface area contributed by atoms with E-state index in [0.717, 1.165) is 45.2 Å². The van der Waals surface area contributed by atoms with Gasteiger partial charge < -0.3 is 9.80 Å². The SMILES string of the molecule is O=C1CCCCCN1CC(=O)N1CCCC(n2cccn2)C1. The van der Waals surface area contributed by atoms with E-state index in [1.54, 1.807) is 11.1 Å². The second kappa shape index (κ2) is 6.94. The van der Waals surface area contributed by atoms with Gasteiger partial charge in [0.1, 0.15) is 0 Å². The van der Waals surface area contributed by atoms with Crippen molar-refractivity contribution >= 4 is 11.8 Å². The van der Waals surface area contributed by atoms with Gasteiger partial charge in [0.2, 0.25) is 11.8 Å². The van der Waals surface area contributed by atoms with E-state index in [1.807, 2.05) is 21.8 Å². The van der Waals surface area contributed by atoms with Crippen molar-refractivity contribution in [1.82, 2.24) is 19.6 Å². The summed E-state index contributed by atoms with van der Waals surface area (Å²) in [7, 11) is 0. The van der Waals surface area contributed by atoms with Crippen LogP contribution in [0.25, 0.3) is 0 Å². The van der Waals surface area contributed by atoms with Gasteiger partial charge in [-0.05, 0) is 31.7 Å². The molecule has 0 saturated carbocycles. The summed E-state index contributed by atoms with van der Waals surface area (Å²) >= 11 is 0. The largest absolute Gasteiger partial charge is 0.339 e. The average Bonchev–Trinajstić information content (AvgIpc) is 3.00. The van der Waals surface area contributed by atoms with Gasteiger partial charge in [0, 0.05) is 38.4 Å². The summed E-state index contributed by atoms with van der Waals surface area (Å²) < 4.78 is 1.94. The Morgan fingerprint density at radius 2 is 2.14 bits per heavy atom. The molecule has 2 aliphatic rings. The number of amides is 2. The number of likely N-dealkylation sites (tertiary alicyclic amines) is 2. The Hall–Kier alpha value is -1.85. The maximum Gasteiger partial charge on any atom is 0.242 e. The number of aromatic nitrogens is 2. The fraction of sp³-hybridized carbons (Fsp3) is 0.688. The van der Waals surface area contributed by atoms with Gasteiger partial charge in [-0.2, -0.15) is 5.10 Å². The van der Waals surface area contributed by atoms with E-state index in [4.69, 9.17) is 0 Å². The van der Waals surface area contributed by atoms with Gasteiger partial charge >= 0.3 is 0 Å². The monoisotopic (exact) mass is 304 g/mol. The standard InChI is InChI=1S/C16H24N4O2/c21-15-7-2-1-3-9-19(15)13-16(22)18-10-4-6-14(12-18)20-11-5-8-17-20/h5,8,11,14H,1-4,6-7,9-10,12-13H2. The minimum Gasteiger partial charge on any atom is -0.339 e. The molecule has 1 unspecified atom stereocenters. The van der Waals surface area contributed by atoms with Gasteiger partial charge in [0.15, 0.2) is 0 Å². The second-order valence-electron chi connectivity index (χ2n) is 6.25. The summed E-state index contributed by atoms with van der Waals surface area (Å²) in [6.45, 7) is 2.45. The zero-order chi connectivity index (χ0) is 15.4. The van der Waals surface area contributed by atoms with Crippen molar-refractivity contribution in [2.24, 2.45) is 0 Å². The first-order valence-electron chi connectivity index (χ1n) is 8.29. The second-order valence-corrected chi connectivity index (χ2v) is 6.25. The molecular weight excluding hydrogens is 280 g/mol. The molecule has 120 valence electrons. The molecule has 1 aromatic rings. The summed E-state index contributed by atoms with van der Waals surface area (Å²) in [5, 5.41) is 4.29. The molecule has 0 aliphatic carbocycles. The fourth-order valence-electron chi connectivity index (χ4n) is 3.36. The molecule has 0 radical (unpaired) electrons. The van der Waals surface area contributed by atoms with E-state index >= 15 is 0 Å². The molecule has 1 atom stereocenters. The molecule has 2 aliphatic heterocycles. The van der Waals surface area contributed by atoms with Crippen molar-refractivity contribution in [2.45, 2.75) is 44.6 Å². The van der Waals surface area contributed by atoms with E-state index in [0.29, 0.717) is 13.0 Å². The minimum absolute atomic E-state index is 0.0760. The predicted molar refractivity (Wildman–Crippen MR) is 82.1 cm³/mol. The highest BCUT2D eigenvalue weighted by Crippen LogP contribution is 2.21. The zero-order valence-corrected chi connectivity index (χ0v) is 13.0. The third kappa shape index (κ3) is 3.48. The van der Waals surface area contributed by atoms with Gasteiger partial charge in [-0.1, -0.05) is 6.42 Å².